The highest BCUT2D eigenvalue weighted by molar-refractivity contribution is 9.10. The van der Waals surface area contributed by atoms with Crippen LogP contribution in [-0.2, 0) is 39.4 Å². The number of aryl methyl sites for hydroxylation is 1. The van der Waals surface area contributed by atoms with Gasteiger partial charge in [0.25, 0.3) is 5.91 Å². The van der Waals surface area contributed by atoms with Gasteiger partial charge in [0.15, 0.2) is 5.60 Å². The summed E-state index contributed by atoms with van der Waals surface area (Å²) in [7, 11) is -3.30. The highest BCUT2D eigenvalue weighted by atomic mass is 79.9. The van der Waals surface area contributed by atoms with Crippen molar-refractivity contribution in [2.24, 2.45) is 5.92 Å². The Morgan fingerprint density at radius 3 is 2.74 bits per heavy atom. The van der Waals surface area contributed by atoms with Gasteiger partial charge in [-0.25, -0.2) is 0 Å². The summed E-state index contributed by atoms with van der Waals surface area (Å²) in [6, 6.07) is 13.6. The third kappa shape index (κ3) is 5.36. The number of halogens is 2. The molecule has 3 aliphatic rings. The molecule has 43 heavy (non-hydrogen) atoms. The van der Waals surface area contributed by atoms with Crippen LogP contribution in [-0.4, -0.2) is 59.6 Å². The Hall–Kier alpha value is -2.93. The predicted molar refractivity (Wildman–Crippen MR) is 167 cm³/mol. The van der Waals surface area contributed by atoms with E-state index in [-0.39, 0.29) is 18.4 Å². The average Bonchev–Trinajstić information content (AvgIpc) is 3.71. The van der Waals surface area contributed by atoms with Gasteiger partial charge in [-0.05, 0) is 61.8 Å². The Kier molecular flexibility index (Phi) is 8.07. The van der Waals surface area contributed by atoms with Crippen LogP contribution in [0.4, 0.5) is 15.5 Å². The number of ether oxygens (including phenoxy) is 1. The van der Waals surface area contributed by atoms with Crippen LogP contribution in [0.1, 0.15) is 43.0 Å². The Labute approximate surface area is 260 Å². The number of carbonyl (C=O) groups is 2. The third-order valence-electron chi connectivity index (χ3n) is 9.16. The molecule has 1 aromatic heterocycles. The number of carbonyl (C=O) groups excluding carboxylic acids is 2. The topological polar surface area (TPSA) is 101 Å². The molecule has 228 valence electrons. The summed E-state index contributed by atoms with van der Waals surface area (Å²) in [6.07, 6.45) is 3.57. The van der Waals surface area contributed by atoms with Gasteiger partial charge in [-0.2, -0.15) is 0 Å². The fraction of sp³-hybridized carbons (Fsp3) is 0.484. The van der Waals surface area contributed by atoms with Crippen LogP contribution in [0.3, 0.4) is 0 Å². The number of nitrogens with zero attached hydrogens (tertiary/aromatic N) is 5. The van der Waals surface area contributed by atoms with Gasteiger partial charge in [0, 0.05) is 65.9 Å². The molecule has 4 heterocycles. The van der Waals surface area contributed by atoms with E-state index in [4.69, 9.17) is 4.74 Å². The van der Waals surface area contributed by atoms with Crippen LogP contribution in [0.5, 0.6) is 0 Å². The molecule has 9 nitrogen and oxygen atoms in total. The van der Waals surface area contributed by atoms with Crippen molar-refractivity contribution in [1.29, 1.82) is 0 Å². The van der Waals surface area contributed by atoms with E-state index in [1.165, 1.54) is 0 Å². The van der Waals surface area contributed by atoms with Gasteiger partial charge >= 0.3 is 0 Å². The van der Waals surface area contributed by atoms with Crippen molar-refractivity contribution < 1.29 is 23.5 Å². The second-order valence-electron chi connectivity index (χ2n) is 12.4. The monoisotopic (exact) mass is 669 g/mol. The van der Waals surface area contributed by atoms with E-state index < -0.39 is 31.6 Å². The smallest absolute Gasteiger partial charge is 0.264 e. The molecule has 2 fully saturated rings. The first-order chi connectivity index (χ1) is 20.5. The molecule has 12 heteroatoms. The molecular weight excluding hydrogens is 633 g/mol. The summed E-state index contributed by atoms with van der Waals surface area (Å²) in [5.74, 6) is -0.473. The van der Waals surface area contributed by atoms with E-state index in [9.17, 15) is 14.7 Å². The molecule has 0 saturated carbocycles. The summed E-state index contributed by atoms with van der Waals surface area (Å²) >= 11 is 3.60. The molecule has 1 spiro atoms. The Morgan fingerprint density at radius 1 is 1.21 bits per heavy atom. The minimum Gasteiger partial charge on any atom is -0.396 e. The second kappa shape index (κ2) is 11.5. The first-order valence-electron chi connectivity index (χ1n) is 14.9. The maximum Gasteiger partial charge on any atom is 0.264 e. The van der Waals surface area contributed by atoms with E-state index in [0.29, 0.717) is 44.6 Å². The van der Waals surface area contributed by atoms with Crippen LogP contribution in [0, 0.1) is 5.92 Å². The first kappa shape index (κ1) is 30.1. The SMILES string of the molecule is C[C@@H]1[C@@H]([Si](C)(C)F)[C@H](CCn2cc(CCO)nn2)O[C@@]12C(=O)N(Cc1cccc(N3CCCC3=O)c1)c1ccc(Br)cc12. The van der Waals surface area contributed by atoms with Crippen molar-refractivity contribution in [1.82, 2.24) is 15.0 Å². The molecule has 0 bridgehead atoms. The lowest BCUT2D eigenvalue weighted by Crippen LogP contribution is -2.45. The van der Waals surface area contributed by atoms with Gasteiger partial charge in [-0.15, -0.1) is 5.10 Å². The van der Waals surface area contributed by atoms with E-state index in [2.05, 4.69) is 26.2 Å². The molecule has 2 aromatic carbocycles. The Morgan fingerprint density at radius 2 is 2.02 bits per heavy atom. The lowest BCUT2D eigenvalue weighted by molar-refractivity contribution is -0.146. The molecule has 0 unspecified atom stereocenters. The van der Waals surface area contributed by atoms with Crippen LogP contribution in [0.25, 0.3) is 0 Å². The number of aliphatic hydroxyl groups is 1. The number of aliphatic hydroxyl groups excluding tert-OH is 1. The molecule has 4 atom stereocenters. The molecular formula is C31H37BrFN5O4Si. The predicted octanol–water partition coefficient (Wildman–Crippen LogP) is 5.11. The van der Waals surface area contributed by atoms with Gasteiger partial charge < -0.3 is 23.8 Å². The van der Waals surface area contributed by atoms with Crippen LogP contribution in [0.2, 0.25) is 18.6 Å². The normalized spacial score (nSPS) is 25.4. The molecule has 0 radical (unpaired) electrons. The van der Waals surface area contributed by atoms with Crippen molar-refractivity contribution in [3.05, 3.63) is 70.0 Å². The number of hydrogen-bond acceptors (Lipinski definition) is 6. The summed E-state index contributed by atoms with van der Waals surface area (Å²) < 4.78 is 25.5. The van der Waals surface area contributed by atoms with E-state index >= 15 is 4.11 Å². The molecule has 0 aliphatic carbocycles. The lowest BCUT2D eigenvalue weighted by Gasteiger charge is -2.31. The minimum atomic E-state index is -3.30. The van der Waals surface area contributed by atoms with Crippen molar-refractivity contribution in [3.63, 3.8) is 0 Å². The molecule has 2 saturated heterocycles. The molecule has 2 amide bonds. The summed E-state index contributed by atoms with van der Waals surface area (Å²) in [6.45, 7) is 6.80. The molecule has 3 aliphatic heterocycles. The largest absolute Gasteiger partial charge is 0.396 e. The number of fused-ring (bicyclic) bond motifs is 2. The fourth-order valence-corrected chi connectivity index (χ4v) is 10.2. The zero-order valence-corrected chi connectivity index (χ0v) is 27.3. The number of rotatable bonds is 9. The number of amides is 2. The number of anilines is 2. The van der Waals surface area contributed by atoms with Gasteiger partial charge in [0.2, 0.25) is 14.3 Å². The highest BCUT2D eigenvalue weighted by Crippen LogP contribution is 2.60. The zero-order chi connectivity index (χ0) is 30.5. The van der Waals surface area contributed by atoms with Crippen LogP contribution >= 0.6 is 15.9 Å². The summed E-state index contributed by atoms with van der Waals surface area (Å²) in [4.78, 5) is 30.6. The number of aromatic nitrogens is 3. The molecule has 6 rings (SSSR count). The Balaban J connectivity index is 1.33. The maximum atomic E-state index is 16.1. The lowest BCUT2D eigenvalue weighted by atomic mass is 9.82. The zero-order valence-electron chi connectivity index (χ0n) is 24.7. The maximum absolute atomic E-state index is 16.1. The quantitative estimate of drug-likeness (QED) is 0.251. The number of hydrogen-bond donors (Lipinski definition) is 1. The Bertz CT molecular complexity index is 1550. The van der Waals surface area contributed by atoms with Crippen molar-refractivity contribution >= 4 is 47.5 Å². The number of benzene rings is 2. The summed E-state index contributed by atoms with van der Waals surface area (Å²) in [5.41, 5.74) is 2.19. The van der Waals surface area contributed by atoms with Crippen molar-refractivity contribution in [2.75, 3.05) is 23.0 Å². The van der Waals surface area contributed by atoms with Crippen LogP contribution in [0.15, 0.2) is 53.1 Å². The van der Waals surface area contributed by atoms with Gasteiger partial charge in [-0.1, -0.05) is 40.2 Å². The molecule has 3 aromatic rings. The standard InChI is InChI=1S/C31H37BrFN5O4Si/c1-20-29(43(2,3)33)27(11-14-36-19-23(12-15-39)34-35-36)42-31(20)25-17-22(32)9-10-26(25)38(30(31)41)18-21-6-4-7-24(16-21)37-13-5-8-28(37)40/h4,6-7,9-10,16-17,19-20,27,29,39H,5,8,11-15,18H2,1-3H3/t20-,27+,29-,31+/m1/s1. The third-order valence-corrected chi connectivity index (χ3v) is 12.1. The first-order valence-corrected chi connectivity index (χ1v) is 18.7. The van der Waals surface area contributed by atoms with Crippen LogP contribution < -0.4 is 9.80 Å². The van der Waals surface area contributed by atoms with E-state index in [0.717, 1.165) is 33.4 Å². The van der Waals surface area contributed by atoms with E-state index in [1.54, 1.807) is 33.8 Å². The van der Waals surface area contributed by atoms with Gasteiger partial charge in [0.05, 0.1) is 24.0 Å². The van der Waals surface area contributed by atoms with Gasteiger partial charge in [-0.3, -0.25) is 14.3 Å². The van der Waals surface area contributed by atoms with Crippen molar-refractivity contribution in [3.8, 4) is 0 Å². The van der Waals surface area contributed by atoms with Crippen molar-refractivity contribution in [2.45, 2.75) is 76.0 Å². The highest BCUT2D eigenvalue weighted by Gasteiger charge is 2.66. The summed E-state index contributed by atoms with van der Waals surface area (Å²) in [5, 5.41) is 17.5. The second-order valence-corrected chi connectivity index (χ2v) is 17.1. The molecule has 1 N–H and O–H groups in total. The minimum absolute atomic E-state index is 0.0115. The van der Waals surface area contributed by atoms with E-state index in [1.807, 2.05) is 49.4 Å². The van der Waals surface area contributed by atoms with Gasteiger partial charge in [0.1, 0.15) is 0 Å². The average molecular weight is 671 g/mol. The fourth-order valence-electron chi connectivity index (χ4n) is 7.31.